The molecule has 0 amide bonds. The van der Waals surface area contributed by atoms with Crippen LogP contribution < -0.4 is 10.1 Å². The van der Waals surface area contributed by atoms with Crippen molar-refractivity contribution in [1.29, 1.82) is 0 Å². The fraction of sp³-hybridized carbons (Fsp3) is 0.647. The highest BCUT2D eigenvalue weighted by molar-refractivity contribution is 5.20. The first-order valence-corrected chi connectivity index (χ1v) is 7.89. The van der Waals surface area contributed by atoms with Gasteiger partial charge in [0.25, 0.3) is 0 Å². The lowest BCUT2D eigenvalue weighted by Gasteiger charge is -2.31. The van der Waals surface area contributed by atoms with Crippen molar-refractivity contribution < 1.29 is 9.47 Å². The Morgan fingerprint density at radius 2 is 2.20 bits per heavy atom. The van der Waals surface area contributed by atoms with Crippen molar-refractivity contribution in [3.8, 4) is 5.75 Å². The van der Waals surface area contributed by atoms with E-state index >= 15 is 0 Å². The minimum absolute atomic E-state index is 0.513. The predicted octanol–water partition coefficient (Wildman–Crippen LogP) is 3.25. The summed E-state index contributed by atoms with van der Waals surface area (Å²) in [6, 6.07) is 10.6. The second-order valence-electron chi connectivity index (χ2n) is 5.49. The maximum atomic E-state index is 5.83. The number of hydrogen-bond acceptors (Lipinski definition) is 3. The van der Waals surface area contributed by atoms with Crippen molar-refractivity contribution in [2.75, 3.05) is 26.4 Å². The fourth-order valence-electron chi connectivity index (χ4n) is 2.74. The first kappa shape index (κ1) is 15.3. The van der Waals surface area contributed by atoms with Crippen LogP contribution in [-0.2, 0) is 4.74 Å². The van der Waals surface area contributed by atoms with Crippen molar-refractivity contribution in [1.82, 2.24) is 5.32 Å². The molecule has 0 saturated carbocycles. The van der Waals surface area contributed by atoms with E-state index in [1.807, 2.05) is 30.3 Å². The molecule has 2 rings (SSSR count). The van der Waals surface area contributed by atoms with Crippen LogP contribution in [0.25, 0.3) is 0 Å². The van der Waals surface area contributed by atoms with E-state index in [2.05, 4.69) is 12.2 Å². The van der Waals surface area contributed by atoms with Gasteiger partial charge in [-0.3, -0.25) is 0 Å². The number of rotatable bonds is 8. The first-order chi connectivity index (χ1) is 9.90. The summed E-state index contributed by atoms with van der Waals surface area (Å²) in [6.07, 6.45) is 4.67. The summed E-state index contributed by atoms with van der Waals surface area (Å²) in [5, 5.41) is 3.67. The lowest BCUT2D eigenvalue weighted by Crippen LogP contribution is -2.41. The summed E-state index contributed by atoms with van der Waals surface area (Å²) < 4.78 is 11.5. The molecule has 1 heterocycles. The lowest BCUT2D eigenvalue weighted by atomic mass is 9.91. The molecule has 1 fully saturated rings. The second-order valence-corrected chi connectivity index (χ2v) is 5.49. The standard InChI is InChI=1S/C17H27NO2/c1-2-11-18-17(15-7-6-12-19-14-15)10-13-20-16-8-4-3-5-9-16/h3-5,8-9,15,17-18H,2,6-7,10-14H2,1H3. The highest BCUT2D eigenvalue weighted by atomic mass is 16.5. The lowest BCUT2D eigenvalue weighted by molar-refractivity contribution is 0.0357. The molecule has 20 heavy (non-hydrogen) atoms. The fourth-order valence-corrected chi connectivity index (χ4v) is 2.74. The maximum absolute atomic E-state index is 5.83. The summed E-state index contributed by atoms with van der Waals surface area (Å²) in [6.45, 7) is 5.88. The van der Waals surface area contributed by atoms with E-state index in [9.17, 15) is 0 Å². The molecular formula is C17H27NO2. The van der Waals surface area contributed by atoms with E-state index < -0.39 is 0 Å². The molecular weight excluding hydrogens is 250 g/mol. The molecule has 2 unspecified atom stereocenters. The Labute approximate surface area is 122 Å². The largest absolute Gasteiger partial charge is 0.494 e. The van der Waals surface area contributed by atoms with Crippen LogP contribution in [0.15, 0.2) is 30.3 Å². The third-order valence-electron chi connectivity index (χ3n) is 3.86. The van der Waals surface area contributed by atoms with Crippen LogP contribution in [0.4, 0.5) is 0 Å². The third-order valence-corrected chi connectivity index (χ3v) is 3.86. The Balaban J connectivity index is 1.77. The van der Waals surface area contributed by atoms with Crippen molar-refractivity contribution in [3.05, 3.63) is 30.3 Å². The molecule has 0 radical (unpaired) electrons. The van der Waals surface area contributed by atoms with Crippen LogP contribution in [0.2, 0.25) is 0 Å². The van der Waals surface area contributed by atoms with Gasteiger partial charge < -0.3 is 14.8 Å². The third kappa shape index (κ3) is 5.14. The van der Waals surface area contributed by atoms with Crippen LogP contribution in [-0.4, -0.2) is 32.4 Å². The molecule has 1 N–H and O–H groups in total. The van der Waals surface area contributed by atoms with Gasteiger partial charge in [0.05, 0.1) is 13.2 Å². The summed E-state index contributed by atoms with van der Waals surface area (Å²) in [4.78, 5) is 0. The molecule has 2 atom stereocenters. The van der Waals surface area contributed by atoms with Crippen molar-refractivity contribution in [2.45, 2.75) is 38.6 Å². The highest BCUT2D eigenvalue weighted by Gasteiger charge is 2.23. The monoisotopic (exact) mass is 277 g/mol. The molecule has 112 valence electrons. The number of para-hydroxylation sites is 1. The van der Waals surface area contributed by atoms with Crippen molar-refractivity contribution in [2.24, 2.45) is 5.92 Å². The molecule has 0 aliphatic carbocycles. The number of ether oxygens (including phenoxy) is 2. The van der Waals surface area contributed by atoms with Crippen LogP contribution in [0.3, 0.4) is 0 Å². The zero-order chi connectivity index (χ0) is 14.0. The van der Waals surface area contributed by atoms with Gasteiger partial charge in [0, 0.05) is 12.6 Å². The molecule has 0 spiro atoms. The summed E-state index contributed by atoms with van der Waals surface area (Å²) in [7, 11) is 0. The minimum atomic E-state index is 0.513. The van der Waals surface area contributed by atoms with Gasteiger partial charge in [0.1, 0.15) is 5.75 Å². The summed E-state index contributed by atoms with van der Waals surface area (Å²) >= 11 is 0. The van der Waals surface area contributed by atoms with Crippen LogP contribution >= 0.6 is 0 Å². The highest BCUT2D eigenvalue weighted by Crippen LogP contribution is 2.20. The Morgan fingerprint density at radius 1 is 1.35 bits per heavy atom. The average Bonchev–Trinajstić information content (AvgIpc) is 2.52. The number of nitrogens with one attached hydrogen (secondary N) is 1. The van der Waals surface area contributed by atoms with Crippen molar-refractivity contribution in [3.63, 3.8) is 0 Å². The van der Waals surface area contributed by atoms with E-state index in [1.54, 1.807) is 0 Å². The molecule has 0 bridgehead atoms. The molecule has 1 aromatic rings. The quantitative estimate of drug-likeness (QED) is 0.791. The Kier molecular flexibility index (Phi) is 6.89. The first-order valence-electron chi connectivity index (χ1n) is 7.89. The smallest absolute Gasteiger partial charge is 0.119 e. The topological polar surface area (TPSA) is 30.5 Å². The minimum Gasteiger partial charge on any atom is -0.494 e. The van der Waals surface area contributed by atoms with Gasteiger partial charge in [-0.25, -0.2) is 0 Å². The van der Waals surface area contributed by atoms with Crippen LogP contribution in [0.1, 0.15) is 32.6 Å². The van der Waals surface area contributed by atoms with Gasteiger partial charge in [-0.1, -0.05) is 25.1 Å². The number of benzene rings is 1. The van der Waals surface area contributed by atoms with Gasteiger partial charge >= 0.3 is 0 Å². The molecule has 1 saturated heterocycles. The molecule has 3 heteroatoms. The van der Waals surface area contributed by atoms with Gasteiger partial charge in [0.2, 0.25) is 0 Å². The van der Waals surface area contributed by atoms with E-state index in [4.69, 9.17) is 9.47 Å². The SMILES string of the molecule is CCCNC(CCOc1ccccc1)C1CCCOC1. The normalized spacial score (nSPS) is 20.6. The molecule has 1 aliphatic rings. The van der Waals surface area contributed by atoms with Crippen molar-refractivity contribution >= 4 is 0 Å². The average molecular weight is 277 g/mol. The summed E-state index contributed by atoms with van der Waals surface area (Å²) in [5.74, 6) is 1.59. The van der Waals surface area contributed by atoms with Gasteiger partial charge in [-0.2, -0.15) is 0 Å². The Hall–Kier alpha value is -1.06. The predicted molar refractivity (Wildman–Crippen MR) is 82.2 cm³/mol. The van der Waals surface area contributed by atoms with E-state index in [0.717, 1.165) is 38.5 Å². The second kappa shape index (κ2) is 8.98. The van der Waals surface area contributed by atoms with Gasteiger partial charge in [-0.15, -0.1) is 0 Å². The Morgan fingerprint density at radius 3 is 2.90 bits per heavy atom. The van der Waals surface area contributed by atoms with Gasteiger partial charge in [0.15, 0.2) is 0 Å². The Bertz CT molecular complexity index is 349. The molecule has 3 nitrogen and oxygen atoms in total. The van der Waals surface area contributed by atoms with Crippen LogP contribution in [0, 0.1) is 5.92 Å². The maximum Gasteiger partial charge on any atom is 0.119 e. The number of hydrogen-bond donors (Lipinski definition) is 1. The zero-order valence-corrected chi connectivity index (χ0v) is 12.5. The molecule has 1 aromatic carbocycles. The molecule has 0 aromatic heterocycles. The van der Waals surface area contributed by atoms with Gasteiger partial charge in [-0.05, 0) is 50.3 Å². The van der Waals surface area contributed by atoms with E-state index in [0.29, 0.717) is 12.0 Å². The molecule has 1 aliphatic heterocycles. The van der Waals surface area contributed by atoms with Crippen LogP contribution in [0.5, 0.6) is 5.75 Å². The zero-order valence-electron chi connectivity index (χ0n) is 12.5. The van der Waals surface area contributed by atoms with E-state index in [-0.39, 0.29) is 0 Å². The van der Waals surface area contributed by atoms with E-state index in [1.165, 1.54) is 19.3 Å². The summed E-state index contributed by atoms with van der Waals surface area (Å²) in [5.41, 5.74) is 0.